The SMILES string of the molecule is Cc1cc(OCCC(=O)O)cc(C)c1Oc1ccc(O)c(S(=O)(=O)c2ccc(F)cc2)c1. The molecule has 0 aliphatic carbocycles. The van der Waals surface area contributed by atoms with Crippen molar-refractivity contribution >= 4 is 15.8 Å². The lowest BCUT2D eigenvalue weighted by Gasteiger charge is -2.15. The zero-order valence-corrected chi connectivity index (χ0v) is 18.1. The van der Waals surface area contributed by atoms with Crippen LogP contribution in [-0.4, -0.2) is 31.2 Å². The minimum Gasteiger partial charge on any atom is -0.507 e. The van der Waals surface area contributed by atoms with Crippen molar-refractivity contribution in [1.82, 2.24) is 0 Å². The smallest absolute Gasteiger partial charge is 0.306 e. The average Bonchev–Trinajstić information content (AvgIpc) is 2.72. The van der Waals surface area contributed by atoms with Gasteiger partial charge in [0.1, 0.15) is 33.7 Å². The standard InChI is InChI=1S/C23H21FO7S/c1-14-11-18(30-10-9-22(26)27)12-15(2)23(14)31-17-5-8-20(25)21(13-17)32(28,29)19-6-3-16(24)4-7-19/h3-8,11-13,25H,9-10H2,1-2H3,(H,26,27). The number of ether oxygens (including phenoxy) is 2. The predicted octanol–water partition coefficient (Wildman–Crippen LogP) is 4.63. The molecule has 0 aliphatic heterocycles. The number of carboxylic acids is 1. The summed E-state index contributed by atoms with van der Waals surface area (Å²) in [5, 5.41) is 18.9. The molecule has 0 saturated carbocycles. The maximum absolute atomic E-state index is 13.2. The Morgan fingerprint density at radius 1 is 0.969 bits per heavy atom. The Bertz CT molecular complexity index is 1230. The molecule has 0 aromatic heterocycles. The molecule has 0 aliphatic rings. The van der Waals surface area contributed by atoms with Gasteiger partial charge in [-0.2, -0.15) is 0 Å². The van der Waals surface area contributed by atoms with Gasteiger partial charge in [0.2, 0.25) is 9.84 Å². The summed E-state index contributed by atoms with van der Waals surface area (Å²) in [5.41, 5.74) is 1.37. The summed E-state index contributed by atoms with van der Waals surface area (Å²) in [6, 6.07) is 11.5. The van der Waals surface area contributed by atoms with Gasteiger partial charge in [-0.3, -0.25) is 4.79 Å². The number of hydrogen-bond acceptors (Lipinski definition) is 6. The largest absolute Gasteiger partial charge is 0.507 e. The molecule has 7 nitrogen and oxygen atoms in total. The van der Waals surface area contributed by atoms with Crippen LogP contribution in [0.25, 0.3) is 0 Å². The number of aliphatic carboxylic acids is 1. The molecule has 0 unspecified atom stereocenters. The van der Waals surface area contributed by atoms with Crippen molar-refractivity contribution in [2.45, 2.75) is 30.1 Å². The van der Waals surface area contributed by atoms with E-state index in [-0.39, 0.29) is 28.6 Å². The topological polar surface area (TPSA) is 110 Å². The molecule has 3 rings (SSSR count). The second-order valence-corrected chi connectivity index (χ2v) is 8.99. The molecule has 2 N–H and O–H groups in total. The first-order chi connectivity index (χ1) is 15.1. The maximum Gasteiger partial charge on any atom is 0.306 e. The van der Waals surface area contributed by atoms with Crippen molar-refractivity contribution in [3.8, 4) is 23.0 Å². The van der Waals surface area contributed by atoms with Crippen LogP contribution < -0.4 is 9.47 Å². The zero-order valence-electron chi connectivity index (χ0n) is 17.3. The van der Waals surface area contributed by atoms with Gasteiger partial charge in [-0.15, -0.1) is 0 Å². The third-order valence-electron chi connectivity index (χ3n) is 4.58. The summed E-state index contributed by atoms with van der Waals surface area (Å²) in [6.07, 6.45) is -0.130. The fraction of sp³-hybridized carbons (Fsp3) is 0.174. The van der Waals surface area contributed by atoms with E-state index in [2.05, 4.69) is 0 Å². The van der Waals surface area contributed by atoms with Crippen LogP contribution in [0.1, 0.15) is 17.5 Å². The molecule has 3 aromatic rings. The first-order valence-electron chi connectivity index (χ1n) is 9.55. The van der Waals surface area contributed by atoms with Crippen molar-refractivity contribution in [2.24, 2.45) is 0 Å². The number of carboxylic acid groups (broad SMARTS) is 1. The third-order valence-corrected chi connectivity index (χ3v) is 6.38. The van der Waals surface area contributed by atoms with Crippen LogP contribution in [0.3, 0.4) is 0 Å². The number of benzene rings is 3. The fourth-order valence-corrected chi connectivity index (χ4v) is 4.41. The molecular weight excluding hydrogens is 439 g/mol. The molecule has 0 amide bonds. The molecule has 0 atom stereocenters. The fourth-order valence-electron chi connectivity index (χ4n) is 3.04. The monoisotopic (exact) mass is 460 g/mol. The van der Waals surface area contributed by atoms with Crippen LogP contribution in [0.15, 0.2) is 64.4 Å². The van der Waals surface area contributed by atoms with Gasteiger partial charge in [0.15, 0.2) is 0 Å². The molecule has 0 fully saturated rings. The normalized spacial score (nSPS) is 11.2. The van der Waals surface area contributed by atoms with Crippen LogP contribution in [0.5, 0.6) is 23.0 Å². The van der Waals surface area contributed by atoms with Gasteiger partial charge < -0.3 is 19.7 Å². The van der Waals surface area contributed by atoms with Crippen molar-refractivity contribution < 1.29 is 37.3 Å². The minimum absolute atomic E-state index is 0.0248. The lowest BCUT2D eigenvalue weighted by Crippen LogP contribution is -2.05. The highest BCUT2D eigenvalue weighted by atomic mass is 32.2. The lowest BCUT2D eigenvalue weighted by molar-refractivity contribution is -0.137. The minimum atomic E-state index is -4.11. The van der Waals surface area contributed by atoms with Crippen LogP contribution in [0.4, 0.5) is 4.39 Å². The number of sulfone groups is 1. The Morgan fingerprint density at radius 2 is 1.59 bits per heavy atom. The van der Waals surface area contributed by atoms with Crippen molar-refractivity contribution in [3.05, 3.63) is 71.5 Å². The summed E-state index contributed by atoms with van der Waals surface area (Å²) < 4.78 is 50.3. The van der Waals surface area contributed by atoms with Crippen LogP contribution in [-0.2, 0) is 14.6 Å². The quantitative estimate of drug-likeness (QED) is 0.472. The van der Waals surface area contributed by atoms with Crippen LogP contribution in [0, 0.1) is 19.7 Å². The number of phenols is 1. The van der Waals surface area contributed by atoms with E-state index in [9.17, 15) is 22.7 Å². The number of hydrogen-bond donors (Lipinski definition) is 2. The summed E-state index contributed by atoms with van der Waals surface area (Å²) in [7, 11) is -4.11. The molecule has 168 valence electrons. The van der Waals surface area contributed by atoms with Gasteiger partial charge in [-0.25, -0.2) is 12.8 Å². The van der Waals surface area contributed by atoms with Gasteiger partial charge >= 0.3 is 5.97 Å². The van der Waals surface area contributed by atoms with Gasteiger partial charge in [0.25, 0.3) is 0 Å². The zero-order chi connectivity index (χ0) is 23.5. The van der Waals surface area contributed by atoms with Gasteiger partial charge in [0, 0.05) is 6.07 Å². The molecule has 0 heterocycles. The maximum atomic E-state index is 13.2. The Balaban J connectivity index is 1.89. The molecule has 0 bridgehead atoms. The molecule has 0 spiro atoms. The Labute approximate surface area is 184 Å². The van der Waals surface area contributed by atoms with E-state index in [0.717, 1.165) is 24.3 Å². The first kappa shape index (κ1) is 23.1. The van der Waals surface area contributed by atoms with Gasteiger partial charge in [-0.05, 0) is 73.5 Å². The number of aryl methyl sites for hydroxylation is 2. The Hall–Kier alpha value is -3.59. The van der Waals surface area contributed by atoms with Crippen LogP contribution in [0.2, 0.25) is 0 Å². The number of aromatic hydroxyl groups is 1. The summed E-state index contributed by atoms with van der Waals surface area (Å²) >= 11 is 0. The Kier molecular flexibility index (Phi) is 6.69. The van der Waals surface area contributed by atoms with E-state index in [4.69, 9.17) is 14.6 Å². The molecule has 3 aromatic carbocycles. The third kappa shape index (κ3) is 5.17. The lowest BCUT2D eigenvalue weighted by atomic mass is 10.1. The number of carbonyl (C=O) groups is 1. The van der Waals surface area contributed by atoms with Gasteiger partial charge in [0.05, 0.1) is 17.9 Å². The summed E-state index contributed by atoms with van der Waals surface area (Å²) in [6.45, 7) is 3.56. The molecule has 0 saturated heterocycles. The van der Waals surface area contributed by atoms with E-state index in [1.807, 2.05) is 0 Å². The van der Waals surface area contributed by atoms with E-state index in [1.54, 1.807) is 26.0 Å². The summed E-state index contributed by atoms with van der Waals surface area (Å²) in [4.78, 5) is 10.1. The average molecular weight is 460 g/mol. The predicted molar refractivity (Wildman–Crippen MR) is 114 cm³/mol. The number of halogens is 1. The first-order valence-corrected chi connectivity index (χ1v) is 11.0. The molecule has 0 radical (unpaired) electrons. The highest BCUT2D eigenvalue weighted by Gasteiger charge is 2.23. The summed E-state index contributed by atoms with van der Waals surface area (Å²) in [5.74, 6) is -0.875. The van der Waals surface area contributed by atoms with E-state index in [1.165, 1.54) is 18.2 Å². The van der Waals surface area contributed by atoms with Crippen molar-refractivity contribution in [2.75, 3.05) is 6.61 Å². The van der Waals surface area contributed by atoms with Crippen molar-refractivity contribution in [3.63, 3.8) is 0 Å². The van der Waals surface area contributed by atoms with E-state index in [0.29, 0.717) is 22.6 Å². The van der Waals surface area contributed by atoms with Crippen molar-refractivity contribution in [1.29, 1.82) is 0 Å². The van der Waals surface area contributed by atoms with Gasteiger partial charge in [-0.1, -0.05) is 0 Å². The molecule has 9 heteroatoms. The number of phenolic OH excluding ortho intramolecular Hbond substituents is 1. The molecular formula is C23H21FO7S. The second-order valence-electron chi connectivity index (χ2n) is 7.07. The van der Waals surface area contributed by atoms with E-state index >= 15 is 0 Å². The van der Waals surface area contributed by atoms with E-state index < -0.39 is 27.4 Å². The van der Waals surface area contributed by atoms with Crippen LogP contribution >= 0.6 is 0 Å². The second kappa shape index (κ2) is 9.27. The Morgan fingerprint density at radius 3 is 2.19 bits per heavy atom. The highest BCUT2D eigenvalue weighted by molar-refractivity contribution is 7.91. The number of rotatable bonds is 8. The molecule has 32 heavy (non-hydrogen) atoms. The highest BCUT2D eigenvalue weighted by Crippen LogP contribution is 2.36.